The van der Waals surface area contributed by atoms with E-state index in [9.17, 15) is 9.59 Å². The van der Waals surface area contributed by atoms with Gasteiger partial charge in [0, 0.05) is 6.20 Å². The minimum atomic E-state index is -1.01. The van der Waals surface area contributed by atoms with Crippen LogP contribution in [0.1, 0.15) is 10.5 Å². The van der Waals surface area contributed by atoms with Crippen molar-refractivity contribution in [2.75, 3.05) is 5.32 Å². The summed E-state index contributed by atoms with van der Waals surface area (Å²) >= 11 is 0. The summed E-state index contributed by atoms with van der Waals surface area (Å²) in [5, 5.41) is 24.2. The number of anilines is 1. The lowest BCUT2D eigenvalue weighted by Crippen LogP contribution is -2.12. The van der Waals surface area contributed by atoms with Crippen molar-refractivity contribution in [3.63, 3.8) is 0 Å². The van der Waals surface area contributed by atoms with Crippen LogP contribution in [-0.2, 0) is 11.3 Å². The van der Waals surface area contributed by atoms with Gasteiger partial charge in [-0.05, 0) is 0 Å². The lowest BCUT2D eigenvalue weighted by Gasteiger charge is -1.97. The Bertz CT molecular complexity index is 531. The normalized spacial score (nSPS) is 10.1. The molecule has 0 bridgehead atoms. The summed E-state index contributed by atoms with van der Waals surface area (Å²) in [7, 11) is 0. The van der Waals surface area contributed by atoms with Crippen LogP contribution in [0, 0.1) is 0 Å². The van der Waals surface area contributed by atoms with Gasteiger partial charge >= 0.3 is 5.97 Å². The monoisotopic (exact) mass is 236 g/mol. The number of H-pyrrole nitrogens is 1. The first-order valence-corrected chi connectivity index (χ1v) is 4.56. The molecular formula is C8H8N6O3. The molecule has 88 valence electrons. The first kappa shape index (κ1) is 10.8. The summed E-state index contributed by atoms with van der Waals surface area (Å²) in [6.45, 7) is -0.264. The summed E-state index contributed by atoms with van der Waals surface area (Å²) < 4.78 is 1.20. The van der Waals surface area contributed by atoms with Crippen LogP contribution >= 0.6 is 0 Å². The molecule has 2 aromatic rings. The van der Waals surface area contributed by atoms with E-state index in [-0.39, 0.29) is 12.2 Å². The number of carbonyl (C=O) groups excluding carboxylic acids is 1. The predicted molar refractivity (Wildman–Crippen MR) is 54.2 cm³/mol. The van der Waals surface area contributed by atoms with Gasteiger partial charge in [-0.3, -0.25) is 14.3 Å². The number of carbonyl (C=O) groups is 2. The van der Waals surface area contributed by atoms with Crippen molar-refractivity contribution >= 4 is 17.6 Å². The number of nitrogens with zero attached hydrogens (tertiary/aromatic N) is 4. The molecule has 2 heterocycles. The third-order valence-corrected chi connectivity index (χ3v) is 1.84. The van der Waals surface area contributed by atoms with Crippen LogP contribution in [0.25, 0.3) is 0 Å². The van der Waals surface area contributed by atoms with E-state index >= 15 is 0 Å². The lowest BCUT2D eigenvalue weighted by molar-refractivity contribution is -0.137. The van der Waals surface area contributed by atoms with E-state index in [0.29, 0.717) is 5.69 Å². The number of hydrogen-bond donors (Lipinski definition) is 3. The van der Waals surface area contributed by atoms with Crippen molar-refractivity contribution in [2.24, 2.45) is 0 Å². The number of aliphatic carboxylic acids is 1. The number of carboxylic acids is 1. The van der Waals surface area contributed by atoms with Crippen molar-refractivity contribution in [2.45, 2.75) is 6.54 Å². The van der Waals surface area contributed by atoms with Crippen LogP contribution in [0.3, 0.4) is 0 Å². The summed E-state index contributed by atoms with van der Waals surface area (Å²) in [6.07, 6.45) is 4.03. The Balaban J connectivity index is 2.02. The summed E-state index contributed by atoms with van der Waals surface area (Å²) in [6, 6.07) is 0. The molecule has 9 heteroatoms. The highest BCUT2D eigenvalue weighted by molar-refractivity contribution is 6.02. The van der Waals surface area contributed by atoms with Gasteiger partial charge in [0.05, 0.1) is 18.1 Å². The van der Waals surface area contributed by atoms with Crippen LogP contribution in [-0.4, -0.2) is 42.2 Å². The molecule has 0 atom stereocenters. The van der Waals surface area contributed by atoms with Crippen molar-refractivity contribution < 1.29 is 14.7 Å². The molecule has 3 N–H and O–H groups in total. The van der Waals surface area contributed by atoms with E-state index in [1.165, 1.54) is 23.3 Å². The molecular weight excluding hydrogens is 228 g/mol. The fraction of sp³-hybridized carbons (Fsp3) is 0.125. The number of rotatable bonds is 4. The SMILES string of the molecule is O=C(O)Cn1cc(NC(=O)c2cn[nH]n2)cn1. The third-order valence-electron chi connectivity index (χ3n) is 1.84. The van der Waals surface area contributed by atoms with Gasteiger partial charge in [0.15, 0.2) is 5.69 Å². The molecule has 0 aliphatic heterocycles. The minimum absolute atomic E-state index is 0.135. The van der Waals surface area contributed by atoms with E-state index in [0.717, 1.165) is 0 Å². The van der Waals surface area contributed by atoms with Crippen molar-refractivity contribution in [3.05, 3.63) is 24.3 Å². The molecule has 0 saturated carbocycles. The number of aromatic nitrogens is 5. The van der Waals surface area contributed by atoms with Gasteiger partial charge in [0.1, 0.15) is 6.54 Å². The highest BCUT2D eigenvalue weighted by Crippen LogP contribution is 2.06. The molecule has 0 unspecified atom stereocenters. The van der Waals surface area contributed by atoms with E-state index in [4.69, 9.17) is 5.11 Å². The molecule has 1 amide bonds. The van der Waals surface area contributed by atoms with E-state index < -0.39 is 11.9 Å². The smallest absolute Gasteiger partial charge is 0.325 e. The van der Waals surface area contributed by atoms with E-state index in [2.05, 4.69) is 25.8 Å². The maximum absolute atomic E-state index is 11.5. The van der Waals surface area contributed by atoms with Gasteiger partial charge in [0.2, 0.25) is 0 Å². The van der Waals surface area contributed by atoms with Gasteiger partial charge in [-0.2, -0.15) is 20.5 Å². The molecule has 9 nitrogen and oxygen atoms in total. The van der Waals surface area contributed by atoms with E-state index in [1.807, 2.05) is 0 Å². The molecule has 17 heavy (non-hydrogen) atoms. The lowest BCUT2D eigenvalue weighted by atomic mass is 10.4. The first-order valence-electron chi connectivity index (χ1n) is 4.56. The third kappa shape index (κ3) is 2.65. The zero-order chi connectivity index (χ0) is 12.3. The second kappa shape index (κ2) is 4.43. The largest absolute Gasteiger partial charge is 0.480 e. The number of aromatic amines is 1. The zero-order valence-corrected chi connectivity index (χ0v) is 8.49. The molecule has 2 aromatic heterocycles. The maximum atomic E-state index is 11.5. The quantitative estimate of drug-likeness (QED) is 0.646. The number of nitrogens with one attached hydrogen (secondary N) is 2. The molecule has 0 fully saturated rings. The van der Waals surface area contributed by atoms with Crippen LogP contribution in [0.4, 0.5) is 5.69 Å². The molecule has 0 aliphatic rings. The fourth-order valence-electron chi connectivity index (χ4n) is 1.16. The standard InChI is InChI=1S/C8H8N6O3/c15-7(16)4-14-3-5(1-10-14)11-8(17)6-2-9-13-12-6/h1-3H,4H2,(H,11,17)(H,15,16)(H,9,12,13). The van der Waals surface area contributed by atoms with Gasteiger partial charge in [-0.1, -0.05) is 0 Å². The van der Waals surface area contributed by atoms with Crippen LogP contribution in [0.15, 0.2) is 18.6 Å². The second-order valence-electron chi connectivity index (χ2n) is 3.13. The van der Waals surface area contributed by atoms with Crippen molar-refractivity contribution in [1.82, 2.24) is 25.2 Å². The summed E-state index contributed by atoms with van der Waals surface area (Å²) in [4.78, 5) is 21.9. The summed E-state index contributed by atoms with van der Waals surface area (Å²) in [5.41, 5.74) is 0.523. The average molecular weight is 236 g/mol. The maximum Gasteiger partial charge on any atom is 0.325 e. The Morgan fingerprint density at radius 1 is 1.47 bits per heavy atom. The Labute approximate surface area is 94.4 Å². The Hall–Kier alpha value is -2.71. The molecule has 0 aromatic carbocycles. The second-order valence-corrected chi connectivity index (χ2v) is 3.13. The Kier molecular flexibility index (Phi) is 2.81. The summed E-state index contributed by atoms with van der Waals surface area (Å²) in [5.74, 6) is -1.46. The number of amides is 1. The highest BCUT2D eigenvalue weighted by Gasteiger charge is 2.10. The van der Waals surface area contributed by atoms with Gasteiger partial charge in [-0.15, -0.1) is 0 Å². The highest BCUT2D eigenvalue weighted by atomic mass is 16.4. The minimum Gasteiger partial charge on any atom is -0.480 e. The molecule has 0 radical (unpaired) electrons. The molecule has 0 saturated heterocycles. The Morgan fingerprint density at radius 3 is 2.94 bits per heavy atom. The van der Waals surface area contributed by atoms with Crippen LogP contribution in [0.2, 0.25) is 0 Å². The van der Waals surface area contributed by atoms with Gasteiger partial charge < -0.3 is 10.4 Å². The van der Waals surface area contributed by atoms with Crippen LogP contribution in [0.5, 0.6) is 0 Å². The molecule has 0 spiro atoms. The Morgan fingerprint density at radius 2 is 2.29 bits per heavy atom. The van der Waals surface area contributed by atoms with Gasteiger partial charge in [0.25, 0.3) is 5.91 Å². The zero-order valence-electron chi connectivity index (χ0n) is 8.49. The topological polar surface area (TPSA) is 126 Å². The van der Waals surface area contributed by atoms with E-state index in [1.54, 1.807) is 0 Å². The number of carboxylic acid groups (broad SMARTS) is 1. The number of hydrogen-bond acceptors (Lipinski definition) is 5. The fourth-order valence-corrected chi connectivity index (χ4v) is 1.16. The van der Waals surface area contributed by atoms with Crippen LogP contribution < -0.4 is 5.32 Å². The van der Waals surface area contributed by atoms with Gasteiger partial charge in [-0.25, -0.2) is 0 Å². The van der Waals surface area contributed by atoms with Crippen molar-refractivity contribution in [1.29, 1.82) is 0 Å². The first-order chi connectivity index (χ1) is 8.15. The average Bonchev–Trinajstić information content (AvgIpc) is 2.87. The molecule has 0 aliphatic carbocycles. The molecule has 2 rings (SSSR count). The predicted octanol–water partition coefficient (Wildman–Crippen LogP) is -0.662. The van der Waals surface area contributed by atoms with Crippen molar-refractivity contribution in [3.8, 4) is 0 Å².